The van der Waals surface area contributed by atoms with Crippen LogP contribution < -0.4 is 10.2 Å². The van der Waals surface area contributed by atoms with Crippen LogP contribution in [0.15, 0.2) is 24.3 Å². The molecule has 1 aromatic carbocycles. The number of nitrogens with zero attached hydrogens (tertiary/aromatic N) is 1. The molecule has 1 aliphatic heterocycles. The average molecular weight is 360 g/mol. The van der Waals surface area contributed by atoms with Crippen molar-refractivity contribution in [3.63, 3.8) is 0 Å². The van der Waals surface area contributed by atoms with Crippen LogP contribution in [0.5, 0.6) is 0 Å². The Morgan fingerprint density at radius 3 is 2.31 bits per heavy atom. The molecule has 1 aromatic rings. The Hall–Kier alpha value is -1.91. The molecule has 2 fully saturated rings. The van der Waals surface area contributed by atoms with Gasteiger partial charge in [0, 0.05) is 24.7 Å². The van der Waals surface area contributed by atoms with E-state index >= 15 is 0 Å². The maximum Gasteiger partial charge on any atom is 0.227 e. The molecule has 1 aliphatic carbocycles. The fourth-order valence-corrected chi connectivity index (χ4v) is 4.18. The molecule has 2 amide bonds. The number of halogens is 1. The van der Waals surface area contributed by atoms with Crippen LogP contribution in [0.25, 0.3) is 0 Å². The number of hydrogen-bond donors (Lipinski definition) is 1. The Labute approximate surface area is 155 Å². The molecule has 0 bridgehead atoms. The summed E-state index contributed by atoms with van der Waals surface area (Å²) in [6, 6.07) is 6.06. The number of carbonyl (C=O) groups excluding carboxylic acids is 2. The van der Waals surface area contributed by atoms with Gasteiger partial charge in [0.25, 0.3) is 0 Å². The van der Waals surface area contributed by atoms with Gasteiger partial charge in [-0.25, -0.2) is 4.39 Å². The molecule has 5 heteroatoms. The van der Waals surface area contributed by atoms with Crippen molar-refractivity contribution in [1.29, 1.82) is 0 Å². The van der Waals surface area contributed by atoms with Gasteiger partial charge < -0.3 is 10.2 Å². The molecular weight excluding hydrogens is 331 g/mol. The molecule has 1 saturated carbocycles. The topological polar surface area (TPSA) is 49.4 Å². The summed E-state index contributed by atoms with van der Waals surface area (Å²) in [5.41, 5.74) is 0.972. The highest BCUT2D eigenvalue weighted by atomic mass is 19.1. The van der Waals surface area contributed by atoms with Crippen molar-refractivity contribution >= 4 is 17.5 Å². The van der Waals surface area contributed by atoms with Crippen molar-refractivity contribution in [2.45, 2.75) is 58.9 Å². The van der Waals surface area contributed by atoms with Crippen molar-refractivity contribution in [3.8, 4) is 0 Å². The summed E-state index contributed by atoms with van der Waals surface area (Å²) in [5, 5.41) is 3.16. The van der Waals surface area contributed by atoms with Crippen molar-refractivity contribution in [3.05, 3.63) is 30.1 Å². The van der Waals surface area contributed by atoms with Crippen LogP contribution in [-0.2, 0) is 9.59 Å². The van der Waals surface area contributed by atoms with E-state index in [4.69, 9.17) is 0 Å². The van der Waals surface area contributed by atoms with Gasteiger partial charge in [0.1, 0.15) is 5.82 Å². The van der Waals surface area contributed by atoms with E-state index in [1.807, 2.05) is 0 Å². The predicted molar refractivity (Wildman–Crippen MR) is 100 cm³/mol. The molecule has 0 radical (unpaired) electrons. The second kappa shape index (κ2) is 7.37. The van der Waals surface area contributed by atoms with E-state index in [2.05, 4.69) is 26.1 Å². The molecule has 1 heterocycles. The molecule has 0 aromatic heterocycles. The van der Waals surface area contributed by atoms with Gasteiger partial charge >= 0.3 is 0 Å². The predicted octanol–water partition coefficient (Wildman–Crippen LogP) is 3.90. The normalized spacial score (nSPS) is 26.8. The third kappa shape index (κ3) is 4.25. The zero-order valence-electron chi connectivity index (χ0n) is 15.9. The summed E-state index contributed by atoms with van der Waals surface area (Å²) in [4.78, 5) is 26.5. The van der Waals surface area contributed by atoms with Crippen molar-refractivity contribution in [1.82, 2.24) is 5.32 Å². The van der Waals surface area contributed by atoms with Crippen molar-refractivity contribution in [2.75, 3.05) is 11.4 Å². The minimum atomic E-state index is -0.333. The van der Waals surface area contributed by atoms with Gasteiger partial charge in [-0.05, 0) is 61.3 Å². The number of rotatable bonds is 3. The van der Waals surface area contributed by atoms with Gasteiger partial charge in [0.05, 0.1) is 5.92 Å². The highest BCUT2D eigenvalue weighted by molar-refractivity contribution is 6.00. The van der Waals surface area contributed by atoms with Crippen LogP contribution in [0.1, 0.15) is 52.9 Å². The lowest BCUT2D eigenvalue weighted by molar-refractivity contribution is -0.127. The van der Waals surface area contributed by atoms with Crippen LogP contribution in [-0.4, -0.2) is 24.4 Å². The van der Waals surface area contributed by atoms with Gasteiger partial charge in [0.2, 0.25) is 11.8 Å². The Morgan fingerprint density at radius 1 is 1.12 bits per heavy atom. The van der Waals surface area contributed by atoms with Gasteiger partial charge in [-0.15, -0.1) is 0 Å². The zero-order valence-corrected chi connectivity index (χ0v) is 15.9. The van der Waals surface area contributed by atoms with E-state index in [1.54, 1.807) is 17.0 Å². The fraction of sp³-hybridized carbons (Fsp3) is 0.619. The smallest absolute Gasteiger partial charge is 0.227 e. The standard InChI is InChI=1S/C21H29FN2O2/c1-21(2,3)15-4-8-17(9-5-15)23-20(26)14-12-19(25)24(13-14)18-10-6-16(22)7-11-18/h6-7,10-11,14-15,17H,4-5,8-9,12-13H2,1-3H3,(H,23,26)/t14-,15?,17?/m1/s1. The molecule has 0 spiro atoms. The molecule has 4 nitrogen and oxygen atoms in total. The molecule has 0 unspecified atom stereocenters. The molecule has 2 aliphatic rings. The average Bonchev–Trinajstić information content (AvgIpc) is 2.97. The Morgan fingerprint density at radius 2 is 1.73 bits per heavy atom. The minimum Gasteiger partial charge on any atom is -0.353 e. The van der Waals surface area contributed by atoms with Gasteiger partial charge in [-0.1, -0.05) is 20.8 Å². The van der Waals surface area contributed by atoms with E-state index in [0.29, 0.717) is 23.6 Å². The molecule has 1 N–H and O–H groups in total. The van der Waals surface area contributed by atoms with E-state index < -0.39 is 0 Å². The molecule has 142 valence electrons. The summed E-state index contributed by atoms with van der Waals surface area (Å²) in [5.74, 6) is -0.0542. The third-order valence-electron chi connectivity index (χ3n) is 5.93. The lowest BCUT2D eigenvalue weighted by Gasteiger charge is -2.37. The van der Waals surface area contributed by atoms with Gasteiger partial charge in [-0.3, -0.25) is 9.59 Å². The van der Waals surface area contributed by atoms with Crippen molar-refractivity contribution < 1.29 is 14.0 Å². The molecule has 3 rings (SSSR count). The summed E-state index contributed by atoms with van der Waals surface area (Å²) >= 11 is 0. The summed E-state index contributed by atoms with van der Waals surface area (Å²) in [7, 11) is 0. The van der Waals surface area contributed by atoms with Crippen LogP contribution >= 0.6 is 0 Å². The van der Waals surface area contributed by atoms with Crippen LogP contribution in [0.2, 0.25) is 0 Å². The van der Waals surface area contributed by atoms with E-state index in [0.717, 1.165) is 25.7 Å². The molecule has 1 atom stereocenters. The number of hydrogen-bond acceptors (Lipinski definition) is 2. The third-order valence-corrected chi connectivity index (χ3v) is 5.93. The second-order valence-electron chi connectivity index (χ2n) is 8.80. The molecule has 26 heavy (non-hydrogen) atoms. The van der Waals surface area contributed by atoms with E-state index in [-0.39, 0.29) is 36.0 Å². The minimum absolute atomic E-state index is 0.0258. The molecule has 1 saturated heterocycles. The molecular formula is C21H29FN2O2. The first-order chi connectivity index (χ1) is 12.2. The maximum absolute atomic E-state index is 13.1. The van der Waals surface area contributed by atoms with Crippen LogP contribution in [0.4, 0.5) is 10.1 Å². The van der Waals surface area contributed by atoms with Crippen molar-refractivity contribution in [2.24, 2.45) is 17.3 Å². The SMILES string of the molecule is CC(C)(C)C1CCC(NC(=O)[C@@H]2CC(=O)N(c3ccc(F)cc3)C2)CC1. The highest BCUT2D eigenvalue weighted by Gasteiger charge is 2.37. The Kier molecular flexibility index (Phi) is 5.35. The quantitative estimate of drug-likeness (QED) is 0.889. The highest BCUT2D eigenvalue weighted by Crippen LogP contribution is 2.38. The lowest BCUT2D eigenvalue weighted by Crippen LogP contribution is -2.42. The number of amides is 2. The van der Waals surface area contributed by atoms with Crippen LogP contribution in [0.3, 0.4) is 0 Å². The monoisotopic (exact) mass is 360 g/mol. The van der Waals surface area contributed by atoms with E-state index in [1.165, 1.54) is 12.1 Å². The number of carbonyl (C=O) groups is 2. The lowest BCUT2D eigenvalue weighted by atomic mass is 9.71. The number of anilines is 1. The maximum atomic E-state index is 13.1. The number of nitrogens with one attached hydrogen (secondary N) is 1. The summed E-state index contributed by atoms with van der Waals surface area (Å²) < 4.78 is 13.1. The van der Waals surface area contributed by atoms with Crippen LogP contribution in [0, 0.1) is 23.1 Å². The Balaban J connectivity index is 1.53. The first-order valence-corrected chi connectivity index (χ1v) is 9.60. The van der Waals surface area contributed by atoms with E-state index in [9.17, 15) is 14.0 Å². The number of benzene rings is 1. The summed E-state index contributed by atoms with van der Waals surface area (Å²) in [6.07, 6.45) is 4.52. The first-order valence-electron chi connectivity index (χ1n) is 9.60. The zero-order chi connectivity index (χ0) is 18.9. The second-order valence-corrected chi connectivity index (χ2v) is 8.80. The summed E-state index contributed by atoms with van der Waals surface area (Å²) in [6.45, 7) is 7.22. The first kappa shape index (κ1) is 18.9. The largest absolute Gasteiger partial charge is 0.353 e. The van der Waals surface area contributed by atoms with Gasteiger partial charge in [-0.2, -0.15) is 0 Å². The fourth-order valence-electron chi connectivity index (χ4n) is 4.18. The van der Waals surface area contributed by atoms with Gasteiger partial charge in [0.15, 0.2) is 0 Å². The Bertz CT molecular complexity index is 658.